The van der Waals surface area contributed by atoms with E-state index in [0.29, 0.717) is 5.03 Å². The van der Waals surface area contributed by atoms with Crippen molar-refractivity contribution in [1.29, 1.82) is 0 Å². The maximum absolute atomic E-state index is 10.9. The lowest BCUT2D eigenvalue weighted by Gasteiger charge is -2.03. The van der Waals surface area contributed by atoms with E-state index in [1.807, 2.05) is 12.3 Å². The Morgan fingerprint density at radius 3 is 2.94 bits per heavy atom. The molecule has 0 saturated heterocycles. The molecule has 17 heavy (non-hydrogen) atoms. The van der Waals surface area contributed by atoms with Gasteiger partial charge in [0.25, 0.3) is 0 Å². The maximum atomic E-state index is 10.9. The van der Waals surface area contributed by atoms with Crippen molar-refractivity contribution in [2.75, 3.05) is 0 Å². The summed E-state index contributed by atoms with van der Waals surface area (Å²) in [5.41, 5.74) is 0.973. The molecule has 0 bridgehead atoms. The van der Waals surface area contributed by atoms with E-state index in [1.165, 1.54) is 35.4 Å². The lowest BCUT2D eigenvalue weighted by atomic mass is 10.3. The fraction of sp³-hybridized carbons (Fsp3) is 0.100. The number of pyridine rings is 1. The quantitative estimate of drug-likeness (QED) is 0.937. The minimum Gasteiger partial charge on any atom is -0.478 e. The highest BCUT2D eigenvalue weighted by Crippen LogP contribution is 2.34. The largest absolute Gasteiger partial charge is 0.478 e. The van der Waals surface area contributed by atoms with Gasteiger partial charge in [0.1, 0.15) is 5.03 Å². The molecule has 0 aliphatic heterocycles. The summed E-state index contributed by atoms with van der Waals surface area (Å²) in [4.78, 5) is 19.2. The first-order valence-electron chi connectivity index (χ1n) is 4.55. The maximum Gasteiger partial charge on any atom is 0.337 e. The molecule has 0 fully saturated rings. The molecule has 7 heteroatoms. The molecule has 0 aromatic carbocycles. The van der Waals surface area contributed by atoms with Crippen molar-refractivity contribution in [2.45, 2.75) is 16.3 Å². The molecule has 0 aliphatic carbocycles. The molecule has 0 radical (unpaired) electrons. The van der Waals surface area contributed by atoms with Crippen molar-refractivity contribution < 1.29 is 9.90 Å². The first-order chi connectivity index (χ1) is 8.08. The van der Waals surface area contributed by atoms with E-state index in [4.69, 9.17) is 16.7 Å². The van der Waals surface area contributed by atoms with E-state index in [1.54, 1.807) is 0 Å². The van der Waals surface area contributed by atoms with Crippen LogP contribution in [0.25, 0.3) is 0 Å². The summed E-state index contributed by atoms with van der Waals surface area (Å²) >= 11 is 8.71. The summed E-state index contributed by atoms with van der Waals surface area (Å²) in [7, 11) is 0. The van der Waals surface area contributed by atoms with E-state index < -0.39 is 5.97 Å². The van der Waals surface area contributed by atoms with Crippen molar-refractivity contribution in [3.05, 3.63) is 33.9 Å². The molecule has 2 aromatic rings. The van der Waals surface area contributed by atoms with Gasteiger partial charge in [0.2, 0.25) is 0 Å². The predicted molar refractivity (Wildman–Crippen MR) is 67.2 cm³/mol. The summed E-state index contributed by atoms with van der Waals surface area (Å²) in [5, 5.41) is 11.4. The van der Waals surface area contributed by atoms with E-state index in [9.17, 15) is 4.79 Å². The Morgan fingerprint density at radius 2 is 2.35 bits per heavy atom. The monoisotopic (exact) mass is 286 g/mol. The van der Waals surface area contributed by atoms with E-state index in [0.717, 1.165) is 10.0 Å². The molecule has 0 saturated carbocycles. The number of nitrogens with zero attached hydrogens (tertiary/aromatic N) is 2. The zero-order valence-corrected chi connectivity index (χ0v) is 11.1. The van der Waals surface area contributed by atoms with Crippen LogP contribution in [0, 0.1) is 6.92 Å². The molecule has 0 amide bonds. The topological polar surface area (TPSA) is 63.1 Å². The van der Waals surface area contributed by atoms with Gasteiger partial charge in [0.15, 0.2) is 4.34 Å². The highest BCUT2D eigenvalue weighted by molar-refractivity contribution is 8.01. The summed E-state index contributed by atoms with van der Waals surface area (Å²) in [6, 6.07) is 1.38. The van der Waals surface area contributed by atoms with Gasteiger partial charge in [0.05, 0.1) is 10.6 Å². The van der Waals surface area contributed by atoms with Gasteiger partial charge in [-0.3, -0.25) is 0 Å². The third kappa shape index (κ3) is 2.77. The Morgan fingerprint density at radius 1 is 1.59 bits per heavy atom. The highest BCUT2D eigenvalue weighted by atomic mass is 35.5. The highest BCUT2D eigenvalue weighted by Gasteiger charge is 2.15. The van der Waals surface area contributed by atoms with Gasteiger partial charge in [0, 0.05) is 17.3 Å². The van der Waals surface area contributed by atoms with Gasteiger partial charge in [-0.2, -0.15) is 0 Å². The number of thiazole rings is 1. The zero-order chi connectivity index (χ0) is 12.4. The van der Waals surface area contributed by atoms with Crippen LogP contribution in [0.5, 0.6) is 0 Å². The van der Waals surface area contributed by atoms with E-state index >= 15 is 0 Å². The van der Waals surface area contributed by atoms with Crippen LogP contribution in [0.15, 0.2) is 27.0 Å². The molecular formula is C10H7ClN2O2S2. The number of aryl methyl sites for hydroxylation is 1. The van der Waals surface area contributed by atoms with Crippen molar-refractivity contribution in [1.82, 2.24) is 9.97 Å². The lowest BCUT2D eigenvalue weighted by molar-refractivity contribution is 0.0696. The van der Waals surface area contributed by atoms with Crippen LogP contribution in [-0.4, -0.2) is 21.0 Å². The number of hydrogen-bond donors (Lipinski definition) is 1. The molecule has 0 aliphatic rings. The molecule has 2 aromatic heterocycles. The number of carbonyl (C=O) groups is 1. The molecule has 88 valence electrons. The van der Waals surface area contributed by atoms with Gasteiger partial charge in [-0.15, -0.1) is 11.3 Å². The first kappa shape index (κ1) is 12.3. The average molecular weight is 287 g/mol. The number of carboxylic acid groups (broad SMARTS) is 1. The van der Waals surface area contributed by atoms with Gasteiger partial charge >= 0.3 is 5.97 Å². The molecule has 0 unspecified atom stereocenters. The van der Waals surface area contributed by atoms with Crippen LogP contribution in [0.4, 0.5) is 0 Å². The second-order valence-electron chi connectivity index (χ2n) is 3.14. The van der Waals surface area contributed by atoms with Gasteiger partial charge < -0.3 is 5.11 Å². The van der Waals surface area contributed by atoms with Gasteiger partial charge in [-0.25, -0.2) is 14.8 Å². The Bertz CT molecular complexity index is 571. The Balaban J connectivity index is 2.33. The van der Waals surface area contributed by atoms with Crippen LogP contribution in [0.1, 0.15) is 16.1 Å². The fourth-order valence-electron chi connectivity index (χ4n) is 1.12. The first-order valence-corrected chi connectivity index (χ1v) is 6.63. The number of aromatic nitrogens is 2. The third-order valence-corrected chi connectivity index (χ3v) is 4.42. The Kier molecular flexibility index (Phi) is 3.66. The van der Waals surface area contributed by atoms with Crippen molar-refractivity contribution >= 4 is 40.7 Å². The smallest absolute Gasteiger partial charge is 0.337 e. The van der Waals surface area contributed by atoms with Crippen LogP contribution in [0.3, 0.4) is 0 Å². The van der Waals surface area contributed by atoms with Crippen molar-refractivity contribution in [3.63, 3.8) is 0 Å². The van der Waals surface area contributed by atoms with Crippen molar-refractivity contribution in [3.8, 4) is 0 Å². The zero-order valence-electron chi connectivity index (χ0n) is 8.68. The SMILES string of the molecule is Cc1csc(Sc2nccc(C(=O)O)c2Cl)n1. The third-order valence-electron chi connectivity index (χ3n) is 1.87. The second kappa shape index (κ2) is 5.03. The lowest BCUT2D eigenvalue weighted by Crippen LogP contribution is -1.99. The summed E-state index contributed by atoms with van der Waals surface area (Å²) in [6.45, 7) is 1.89. The van der Waals surface area contributed by atoms with Crippen LogP contribution < -0.4 is 0 Å². The van der Waals surface area contributed by atoms with E-state index in [-0.39, 0.29) is 10.6 Å². The van der Waals surface area contributed by atoms with Crippen LogP contribution in [0.2, 0.25) is 5.02 Å². The second-order valence-corrected chi connectivity index (χ2v) is 5.61. The Hall–Kier alpha value is -1.11. The molecule has 2 rings (SSSR count). The molecule has 4 nitrogen and oxygen atoms in total. The number of rotatable bonds is 3. The average Bonchev–Trinajstić information content (AvgIpc) is 2.67. The normalized spacial score (nSPS) is 10.5. The molecule has 1 N–H and O–H groups in total. The number of aromatic carboxylic acids is 1. The van der Waals surface area contributed by atoms with Crippen molar-refractivity contribution in [2.24, 2.45) is 0 Å². The minimum absolute atomic E-state index is 0.0532. The molecular weight excluding hydrogens is 280 g/mol. The summed E-state index contributed by atoms with van der Waals surface area (Å²) in [6.07, 6.45) is 1.43. The van der Waals surface area contributed by atoms with Crippen LogP contribution >= 0.6 is 34.7 Å². The number of halogens is 1. The molecule has 2 heterocycles. The standard InChI is InChI=1S/C10H7ClN2O2S2/c1-5-4-16-10(13-5)17-8-7(11)6(9(14)15)2-3-12-8/h2-4H,1H3,(H,14,15). The predicted octanol–water partition coefficient (Wildman–Crippen LogP) is 3.35. The minimum atomic E-state index is -1.06. The molecule has 0 spiro atoms. The van der Waals surface area contributed by atoms with Gasteiger partial charge in [-0.1, -0.05) is 11.6 Å². The number of carboxylic acids is 1. The molecule has 0 atom stereocenters. The van der Waals surface area contributed by atoms with E-state index in [2.05, 4.69) is 9.97 Å². The van der Waals surface area contributed by atoms with Gasteiger partial charge in [-0.05, 0) is 24.8 Å². The number of hydrogen-bond acceptors (Lipinski definition) is 5. The van der Waals surface area contributed by atoms with Crippen LogP contribution in [-0.2, 0) is 0 Å². The summed E-state index contributed by atoms with van der Waals surface area (Å²) < 4.78 is 0.791. The Labute approximate surface area is 111 Å². The fourth-order valence-corrected chi connectivity index (χ4v) is 3.19. The summed E-state index contributed by atoms with van der Waals surface area (Å²) in [5.74, 6) is -1.06.